The zero-order valence-corrected chi connectivity index (χ0v) is 16.9. The lowest BCUT2D eigenvalue weighted by atomic mass is 10.1. The van der Waals surface area contributed by atoms with Crippen molar-refractivity contribution in [3.8, 4) is 0 Å². The number of hydrogen-bond donors (Lipinski definition) is 1. The van der Waals surface area contributed by atoms with Gasteiger partial charge in [0, 0.05) is 69.5 Å². The Bertz CT molecular complexity index is 669. The van der Waals surface area contributed by atoms with Crippen LogP contribution in [0.1, 0.15) is 29.7 Å². The second-order valence-electron chi connectivity index (χ2n) is 7.31. The minimum atomic E-state index is 0.262. The minimum absolute atomic E-state index is 0.262. The fourth-order valence-corrected chi connectivity index (χ4v) is 5.66. The van der Waals surface area contributed by atoms with Crippen LogP contribution in [0.4, 0.5) is 5.13 Å². The summed E-state index contributed by atoms with van der Waals surface area (Å²) >= 11 is 3.62. The molecule has 0 unspecified atom stereocenters. The van der Waals surface area contributed by atoms with E-state index in [1.165, 1.54) is 28.4 Å². The minimum Gasteiger partial charge on any atom is -0.396 e. The van der Waals surface area contributed by atoms with Crippen LogP contribution < -0.4 is 4.90 Å². The van der Waals surface area contributed by atoms with Crippen LogP contribution in [0.2, 0.25) is 0 Å². The van der Waals surface area contributed by atoms with Gasteiger partial charge < -0.3 is 10.0 Å². The maximum absolute atomic E-state index is 9.51. The number of aromatic nitrogens is 1. The van der Waals surface area contributed by atoms with Crippen molar-refractivity contribution >= 4 is 27.8 Å². The molecule has 0 radical (unpaired) electrons. The summed E-state index contributed by atoms with van der Waals surface area (Å²) in [6, 6.07) is 2.64. The van der Waals surface area contributed by atoms with Crippen molar-refractivity contribution < 1.29 is 5.11 Å². The zero-order valence-electron chi connectivity index (χ0n) is 15.2. The molecule has 7 heteroatoms. The van der Waals surface area contributed by atoms with Gasteiger partial charge in [-0.2, -0.15) is 11.3 Å². The fourth-order valence-electron chi connectivity index (χ4n) is 3.99. The van der Waals surface area contributed by atoms with Gasteiger partial charge in [-0.25, -0.2) is 4.98 Å². The quantitative estimate of drug-likeness (QED) is 0.785. The Morgan fingerprint density at radius 1 is 1.15 bits per heavy atom. The van der Waals surface area contributed by atoms with E-state index in [4.69, 9.17) is 0 Å². The molecule has 0 spiro atoms. The van der Waals surface area contributed by atoms with E-state index in [9.17, 15) is 5.11 Å². The van der Waals surface area contributed by atoms with Gasteiger partial charge in [-0.15, -0.1) is 11.3 Å². The molecule has 2 aliphatic rings. The number of thiophene rings is 1. The molecule has 2 fully saturated rings. The molecule has 5 nitrogen and oxygen atoms in total. The Labute approximate surface area is 163 Å². The molecule has 0 saturated carbocycles. The highest BCUT2D eigenvalue weighted by Gasteiger charge is 2.27. The van der Waals surface area contributed by atoms with Gasteiger partial charge >= 0.3 is 0 Å². The lowest BCUT2D eigenvalue weighted by Gasteiger charge is -2.41. The van der Waals surface area contributed by atoms with Crippen LogP contribution in [0.25, 0.3) is 0 Å². The Morgan fingerprint density at radius 2 is 2.04 bits per heavy atom. The van der Waals surface area contributed by atoms with E-state index < -0.39 is 0 Å². The Morgan fingerprint density at radius 3 is 2.81 bits per heavy atom. The highest BCUT2D eigenvalue weighted by Crippen LogP contribution is 2.27. The summed E-state index contributed by atoms with van der Waals surface area (Å²) in [6.45, 7) is 7.75. The van der Waals surface area contributed by atoms with Crippen molar-refractivity contribution in [1.82, 2.24) is 14.8 Å². The number of piperazine rings is 1. The molecule has 0 bridgehead atoms. The van der Waals surface area contributed by atoms with Crippen LogP contribution in [0, 0.1) is 0 Å². The molecule has 1 N–H and O–H groups in total. The third kappa shape index (κ3) is 4.46. The molecule has 2 aliphatic heterocycles. The molecule has 142 valence electrons. The fraction of sp³-hybridized carbons (Fsp3) is 0.632. The Hall–Kier alpha value is -0.990. The van der Waals surface area contributed by atoms with E-state index in [-0.39, 0.29) is 6.61 Å². The van der Waals surface area contributed by atoms with E-state index in [0.717, 1.165) is 52.2 Å². The van der Waals surface area contributed by atoms with Gasteiger partial charge in [-0.1, -0.05) is 0 Å². The average molecular weight is 393 g/mol. The van der Waals surface area contributed by atoms with Gasteiger partial charge in [-0.3, -0.25) is 9.80 Å². The summed E-state index contributed by atoms with van der Waals surface area (Å²) in [7, 11) is 0. The number of nitrogens with zero attached hydrogens (tertiary/aromatic N) is 4. The molecule has 0 aliphatic carbocycles. The topological polar surface area (TPSA) is 42.8 Å². The maximum Gasteiger partial charge on any atom is 0.185 e. The van der Waals surface area contributed by atoms with Gasteiger partial charge in [0.05, 0.1) is 0 Å². The normalized spacial score (nSPS) is 22.3. The van der Waals surface area contributed by atoms with Crippen LogP contribution in [0.5, 0.6) is 0 Å². The Balaban J connectivity index is 1.34. The smallest absolute Gasteiger partial charge is 0.185 e. The number of thiazole rings is 1. The van der Waals surface area contributed by atoms with Crippen LogP contribution >= 0.6 is 22.7 Å². The molecular weight excluding hydrogens is 364 g/mol. The lowest BCUT2D eigenvalue weighted by Crippen LogP contribution is -2.52. The molecular formula is C19H28N4OS2. The van der Waals surface area contributed by atoms with Crippen LogP contribution in [0.3, 0.4) is 0 Å². The van der Waals surface area contributed by atoms with Gasteiger partial charge in [0.15, 0.2) is 5.13 Å². The largest absolute Gasteiger partial charge is 0.396 e. The molecule has 1 atom stereocenters. The standard InChI is InChI=1S/C19H28N4OS2/c24-9-3-17-13-21(7-8-23(17)12-16-4-10-25-15-16)14-18-11-20-19(26-18)22-5-1-2-6-22/h4,10-11,15,17,24H,1-3,5-9,12-14H2/t17-/m1/s1. The van der Waals surface area contributed by atoms with Gasteiger partial charge in [-0.05, 0) is 41.7 Å². The molecule has 2 saturated heterocycles. The van der Waals surface area contributed by atoms with E-state index in [2.05, 4.69) is 42.7 Å². The molecule has 0 aromatic carbocycles. The predicted octanol–water partition coefficient (Wildman–Crippen LogP) is 2.87. The first-order chi connectivity index (χ1) is 12.8. The van der Waals surface area contributed by atoms with Crippen LogP contribution in [-0.4, -0.2) is 65.3 Å². The first-order valence-electron chi connectivity index (χ1n) is 9.60. The van der Waals surface area contributed by atoms with Crippen LogP contribution in [-0.2, 0) is 13.1 Å². The van der Waals surface area contributed by atoms with Gasteiger partial charge in [0.25, 0.3) is 0 Å². The van der Waals surface area contributed by atoms with Crippen molar-refractivity contribution in [3.63, 3.8) is 0 Å². The van der Waals surface area contributed by atoms with E-state index in [0.29, 0.717) is 6.04 Å². The SMILES string of the molecule is OCC[C@@H]1CN(Cc2cnc(N3CCCC3)s2)CCN1Cc1ccsc1. The molecule has 4 rings (SSSR count). The maximum atomic E-state index is 9.51. The average Bonchev–Trinajstić information content (AvgIpc) is 3.39. The van der Waals surface area contributed by atoms with Crippen molar-refractivity contribution in [1.29, 1.82) is 0 Å². The summed E-state index contributed by atoms with van der Waals surface area (Å²) < 4.78 is 0. The summed E-state index contributed by atoms with van der Waals surface area (Å²) in [5.41, 5.74) is 1.39. The number of aliphatic hydroxyl groups is 1. The molecule has 4 heterocycles. The first kappa shape index (κ1) is 18.4. The number of hydrogen-bond acceptors (Lipinski definition) is 7. The van der Waals surface area contributed by atoms with Crippen molar-refractivity contribution in [2.75, 3.05) is 44.2 Å². The molecule has 2 aromatic heterocycles. The highest BCUT2D eigenvalue weighted by molar-refractivity contribution is 7.15. The van der Waals surface area contributed by atoms with Crippen molar-refractivity contribution in [2.45, 2.75) is 38.4 Å². The van der Waals surface area contributed by atoms with Gasteiger partial charge in [0.2, 0.25) is 0 Å². The lowest BCUT2D eigenvalue weighted by molar-refractivity contribution is 0.0505. The first-order valence-corrected chi connectivity index (χ1v) is 11.4. The highest BCUT2D eigenvalue weighted by atomic mass is 32.1. The third-order valence-electron chi connectivity index (χ3n) is 5.41. The number of aliphatic hydroxyl groups excluding tert-OH is 1. The van der Waals surface area contributed by atoms with E-state index in [1.54, 1.807) is 11.3 Å². The van der Waals surface area contributed by atoms with E-state index in [1.807, 2.05) is 11.3 Å². The summed E-state index contributed by atoms with van der Waals surface area (Å²) in [5, 5.41) is 15.1. The van der Waals surface area contributed by atoms with Crippen molar-refractivity contribution in [3.05, 3.63) is 33.5 Å². The molecule has 2 aromatic rings. The second kappa shape index (κ2) is 8.80. The van der Waals surface area contributed by atoms with E-state index >= 15 is 0 Å². The zero-order chi connectivity index (χ0) is 17.8. The predicted molar refractivity (Wildman–Crippen MR) is 109 cm³/mol. The van der Waals surface area contributed by atoms with Crippen LogP contribution in [0.15, 0.2) is 23.0 Å². The summed E-state index contributed by atoms with van der Waals surface area (Å²) in [6.07, 6.45) is 5.51. The molecule has 26 heavy (non-hydrogen) atoms. The summed E-state index contributed by atoms with van der Waals surface area (Å²) in [5.74, 6) is 0. The second-order valence-corrected chi connectivity index (χ2v) is 9.18. The monoisotopic (exact) mass is 392 g/mol. The number of anilines is 1. The number of rotatable bonds is 7. The van der Waals surface area contributed by atoms with Gasteiger partial charge in [0.1, 0.15) is 0 Å². The van der Waals surface area contributed by atoms with Crippen molar-refractivity contribution in [2.24, 2.45) is 0 Å². The Kier molecular flexibility index (Phi) is 6.22. The summed E-state index contributed by atoms with van der Waals surface area (Å²) in [4.78, 5) is 13.5. The molecule has 0 amide bonds. The third-order valence-corrected chi connectivity index (χ3v) is 7.19.